The highest BCUT2D eigenvalue weighted by Crippen LogP contribution is 2.66. The minimum atomic E-state index is 0.416. The quantitative estimate of drug-likeness (QED) is 0.493. The Kier molecular flexibility index (Phi) is 4.89. The summed E-state index contributed by atoms with van der Waals surface area (Å²) in [6.07, 6.45) is 15.8. The van der Waals surface area contributed by atoms with Crippen LogP contribution in [0.4, 0.5) is 0 Å². The summed E-state index contributed by atoms with van der Waals surface area (Å²) in [4.78, 5) is 0. The van der Waals surface area contributed by atoms with Gasteiger partial charge < -0.3 is 0 Å². The molecule has 0 aromatic heterocycles. The molecule has 3 aliphatic rings. The maximum Gasteiger partial charge on any atom is -0.00567 e. The molecule has 3 saturated carbocycles. The van der Waals surface area contributed by atoms with Crippen LogP contribution in [0, 0.1) is 28.6 Å². The Bertz CT molecular complexity index is 561. The van der Waals surface area contributed by atoms with E-state index in [2.05, 4.69) is 53.3 Å². The minimum absolute atomic E-state index is 0.416. The van der Waals surface area contributed by atoms with E-state index in [4.69, 9.17) is 0 Å². The largest absolute Gasteiger partial charge is 0.0953 e. The minimum Gasteiger partial charge on any atom is -0.0953 e. The molecule has 0 nitrogen and oxygen atoms in total. The molecule has 0 spiro atoms. The number of hydrogen-bond acceptors (Lipinski definition) is 0. The van der Waals surface area contributed by atoms with Gasteiger partial charge in [-0.2, -0.15) is 0 Å². The Balaban J connectivity index is 1.90. The molecule has 134 valence electrons. The molecule has 4 atom stereocenters. The van der Waals surface area contributed by atoms with Gasteiger partial charge in [0, 0.05) is 0 Å². The van der Waals surface area contributed by atoms with Crippen molar-refractivity contribution in [2.24, 2.45) is 28.6 Å². The molecule has 0 aromatic rings. The molecule has 0 saturated heterocycles. The van der Waals surface area contributed by atoms with Gasteiger partial charge in [0.15, 0.2) is 0 Å². The van der Waals surface area contributed by atoms with Gasteiger partial charge in [-0.25, -0.2) is 0 Å². The summed E-state index contributed by atoms with van der Waals surface area (Å²) in [5.41, 5.74) is 5.57. The SMILES string of the molecule is C=C1/C(=C\C=C2/CCCC3(C)C(C(C)C)CCC23C)CCCC1C. The van der Waals surface area contributed by atoms with Crippen LogP contribution in [-0.2, 0) is 0 Å². The van der Waals surface area contributed by atoms with Crippen molar-refractivity contribution >= 4 is 0 Å². The topological polar surface area (TPSA) is 0 Å². The molecular formula is C24H38. The highest BCUT2D eigenvalue weighted by atomic mass is 14.6. The standard InChI is InChI=1S/C24H38/c1-17(2)22-14-16-23(5)21(11-8-15-24(22,23)6)13-12-20-10-7-9-18(3)19(20)4/h12-13,17-18,22H,4,7-11,14-16H2,1-3,5-6H3/b20-12-,21-13+. The second kappa shape index (κ2) is 6.50. The Morgan fingerprint density at radius 2 is 1.79 bits per heavy atom. The van der Waals surface area contributed by atoms with Gasteiger partial charge in [-0.3, -0.25) is 0 Å². The summed E-state index contributed by atoms with van der Waals surface area (Å²) in [5.74, 6) is 2.38. The zero-order valence-corrected chi connectivity index (χ0v) is 16.8. The van der Waals surface area contributed by atoms with E-state index in [0.717, 1.165) is 11.8 Å². The first kappa shape index (κ1) is 18.0. The molecule has 3 aliphatic carbocycles. The summed E-state index contributed by atoms with van der Waals surface area (Å²) in [6, 6.07) is 0. The van der Waals surface area contributed by atoms with Crippen molar-refractivity contribution in [2.75, 3.05) is 0 Å². The summed E-state index contributed by atoms with van der Waals surface area (Å²) in [5, 5.41) is 0. The Morgan fingerprint density at radius 1 is 1.04 bits per heavy atom. The van der Waals surface area contributed by atoms with E-state index in [1.165, 1.54) is 62.5 Å². The Morgan fingerprint density at radius 3 is 2.50 bits per heavy atom. The normalized spacial score (nSPS) is 43.7. The van der Waals surface area contributed by atoms with Gasteiger partial charge in [0.25, 0.3) is 0 Å². The fourth-order valence-corrected chi connectivity index (χ4v) is 6.35. The average molecular weight is 327 g/mol. The highest BCUT2D eigenvalue weighted by Gasteiger charge is 2.57. The van der Waals surface area contributed by atoms with E-state index in [1.54, 1.807) is 5.57 Å². The number of hydrogen-bond donors (Lipinski definition) is 0. The van der Waals surface area contributed by atoms with Gasteiger partial charge in [0.1, 0.15) is 0 Å². The number of rotatable bonds is 2. The van der Waals surface area contributed by atoms with Crippen molar-refractivity contribution < 1.29 is 0 Å². The van der Waals surface area contributed by atoms with Gasteiger partial charge >= 0.3 is 0 Å². The predicted molar refractivity (Wildman–Crippen MR) is 106 cm³/mol. The highest BCUT2D eigenvalue weighted by molar-refractivity contribution is 5.38. The third kappa shape index (κ3) is 2.74. The van der Waals surface area contributed by atoms with Crippen LogP contribution >= 0.6 is 0 Å². The lowest BCUT2D eigenvalue weighted by Gasteiger charge is -2.51. The summed E-state index contributed by atoms with van der Waals surface area (Å²) in [7, 11) is 0. The monoisotopic (exact) mass is 326 g/mol. The van der Waals surface area contributed by atoms with Crippen molar-refractivity contribution in [3.05, 3.63) is 35.5 Å². The summed E-state index contributed by atoms with van der Waals surface area (Å²) < 4.78 is 0. The van der Waals surface area contributed by atoms with E-state index in [-0.39, 0.29) is 0 Å². The third-order valence-corrected chi connectivity index (χ3v) is 8.27. The molecular weight excluding hydrogens is 288 g/mol. The zero-order valence-electron chi connectivity index (χ0n) is 16.8. The smallest absolute Gasteiger partial charge is 0.00567 e. The Labute approximate surface area is 150 Å². The first-order valence-corrected chi connectivity index (χ1v) is 10.4. The molecule has 0 aromatic carbocycles. The molecule has 4 unspecified atom stereocenters. The molecule has 0 heteroatoms. The maximum absolute atomic E-state index is 4.38. The van der Waals surface area contributed by atoms with Crippen LogP contribution < -0.4 is 0 Å². The van der Waals surface area contributed by atoms with Crippen molar-refractivity contribution in [3.63, 3.8) is 0 Å². The van der Waals surface area contributed by atoms with E-state index < -0.39 is 0 Å². The summed E-state index contributed by atoms with van der Waals surface area (Å²) in [6.45, 7) is 16.8. The molecule has 0 heterocycles. The van der Waals surface area contributed by atoms with Crippen LogP contribution in [-0.4, -0.2) is 0 Å². The van der Waals surface area contributed by atoms with Crippen molar-refractivity contribution in [2.45, 2.75) is 86.0 Å². The van der Waals surface area contributed by atoms with Gasteiger partial charge in [-0.1, -0.05) is 58.9 Å². The average Bonchev–Trinajstić information content (AvgIpc) is 2.81. The number of fused-ring (bicyclic) bond motifs is 1. The van der Waals surface area contributed by atoms with E-state index in [9.17, 15) is 0 Å². The van der Waals surface area contributed by atoms with Crippen molar-refractivity contribution in [1.29, 1.82) is 0 Å². The van der Waals surface area contributed by atoms with Crippen LogP contribution in [0.15, 0.2) is 35.5 Å². The second-order valence-electron chi connectivity index (χ2n) is 9.69. The molecule has 0 N–H and O–H groups in total. The zero-order chi connectivity index (χ0) is 17.5. The van der Waals surface area contributed by atoms with E-state index in [0.29, 0.717) is 16.7 Å². The molecule has 0 aliphatic heterocycles. The second-order valence-corrected chi connectivity index (χ2v) is 9.69. The van der Waals surface area contributed by atoms with Crippen LogP contribution in [0.1, 0.15) is 86.0 Å². The van der Waals surface area contributed by atoms with Gasteiger partial charge in [-0.05, 0) is 91.1 Å². The molecule has 0 bridgehead atoms. The first-order chi connectivity index (χ1) is 11.3. The van der Waals surface area contributed by atoms with Crippen molar-refractivity contribution in [3.8, 4) is 0 Å². The van der Waals surface area contributed by atoms with Gasteiger partial charge in [-0.15, -0.1) is 0 Å². The lowest BCUT2D eigenvalue weighted by atomic mass is 9.53. The predicted octanol–water partition coefficient (Wildman–Crippen LogP) is 7.48. The fraction of sp³-hybridized carbons (Fsp3) is 0.750. The lowest BCUT2D eigenvalue weighted by Crippen LogP contribution is -2.42. The van der Waals surface area contributed by atoms with Gasteiger partial charge in [0.05, 0.1) is 0 Å². The third-order valence-electron chi connectivity index (χ3n) is 8.27. The first-order valence-electron chi connectivity index (χ1n) is 10.4. The Hall–Kier alpha value is -0.780. The van der Waals surface area contributed by atoms with Crippen LogP contribution in [0.25, 0.3) is 0 Å². The van der Waals surface area contributed by atoms with Crippen LogP contribution in [0.2, 0.25) is 0 Å². The van der Waals surface area contributed by atoms with Crippen molar-refractivity contribution in [1.82, 2.24) is 0 Å². The summed E-state index contributed by atoms with van der Waals surface area (Å²) >= 11 is 0. The maximum atomic E-state index is 4.38. The molecule has 3 fully saturated rings. The van der Waals surface area contributed by atoms with Crippen LogP contribution in [0.5, 0.6) is 0 Å². The lowest BCUT2D eigenvalue weighted by molar-refractivity contribution is 0.0405. The molecule has 0 amide bonds. The van der Waals surface area contributed by atoms with E-state index in [1.807, 2.05) is 0 Å². The molecule has 3 rings (SSSR count). The molecule has 24 heavy (non-hydrogen) atoms. The van der Waals surface area contributed by atoms with E-state index >= 15 is 0 Å². The molecule has 0 radical (unpaired) electrons. The van der Waals surface area contributed by atoms with Gasteiger partial charge in [0.2, 0.25) is 0 Å². The van der Waals surface area contributed by atoms with Crippen LogP contribution in [0.3, 0.4) is 0 Å². The fourth-order valence-electron chi connectivity index (χ4n) is 6.35. The number of allylic oxidation sites excluding steroid dienone is 5.